The van der Waals surface area contributed by atoms with E-state index in [1.165, 1.54) is 6.07 Å². The number of hydrogen-bond donors (Lipinski definition) is 0. The van der Waals surface area contributed by atoms with E-state index in [-0.39, 0.29) is 18.1 Å². The predicted octanol–water partition coefficient (Wildman–Crippen LogP) is 3.27. The summed E-state index contributed by atoms with van der Waals surface area (Å²) in [5.41, 5.74) is 2.19. The van der Waals surface area contributed by atoms with E-state index in [0.717, 1.165) is 5.52 Å². The lowest BCUT2D eigenvalue weighted by atomic mass is 10.2. The van der Waals surface area contributed by atoms with Crippen molar-refractivity contribution in [3.05, 3.63) is 60.0 Å². The SMILES string of the molecule is CCOC(=O)c1nc2ccccc2nc1N1CCN(c2ccccc2F)CC1. The average Bonchev–Trinajstić information content (AvgIpc) is 2.73. The molecule has 1 saturated heterocycles. The van der Waals surface area contributed by atoms with Crippen LogP contribution in [0.5, 0.6) is 0 Å². The first-order chi connectivity index (χ1) is 13.7. The van der Waals surface area contributed by atoms with Gasteiger partial charge in [-0.2, -0.15) is 0 Å². The number of para-hydroxylation sites is 3. The maximum absolute atomic E-state index is 14.1. The molecule has 1 fully saturated rings. The summed E-state index contributed by atoms with van der Waals surface area (Å²) < 4.78 is 19.3. The van der Waals surface area contributed by atoms with E-state index in [2.05, 4.69) is 9.97 Å². The van der Waals surface area contributed by atoms with Gasteiger partial charge in [-0.05, 0) is 31.2 Å². The van der Waals surface area contributed by atoms with E-state index in [1.54, 1.807) is 19.1 Å². The molecule has 0 amide bonds. The van der Waals surface area contributed by atoms with Crippen LogP contribution < -0.4 is 9.80 Å². The highest BCUT2D eigenvalue weighted by atomic mass is 19.1. The molecule has 1 aliphatic heterocycles. The number of benzene rings is 2. The van der Waals surface area contributed by atoms with Crippen LogP contribution in [0.4, 0.5) is 15.9 Å². The fourth-order valence-corrected chi connectivity index (χ4v) is 3.41. The van der Waals surface area contributed by atoms with Crippen molar-refractivity contribution < 1.29 is 13.9 Å². The zero-order valence-electron chi connectivity index (χ0n) is 15.6. The van der Waals surface area contributed by atoms with Crippen LogP contribution in [0.1, 0.15) is 17.4 Å². The topological polar surface area (TPSA) is 58.6 Å². The van der Waals surface area contributed by atoms with Crippen LogP contribution in [0.3, 0.4) is 0 Å². The number of aromatic nitrogens is 2. The van der Waals surface area contributed by atoms with Gasteiger partial charge in [0.05, 0.1) is 23.3 Å². The summed E-state index contributed by atoms with van der Waals surface area (Å²) in [6.45, 7) is 4.49. The normalized spacial score (nSPS) is 14.4. The van der Waals surface area contributed by atoms with E-state index < -0.39 is 5.97 Å². The lowest BCUT2D eigenvalue weighted by Gasteiger charge is -2.37. The van der Waals surface area contributed by atoms with E-state index >= 15 is 0 Å². The Hall–Kier alpha value is -3.22. The van der Waals surface area contributed by atoms with Gasteiger partial charge < -0.3 is 14.5 Å². The van der Waals surface area contributed by atoms with Gasteiger partial charge in [-0.3, -0.25) is 0 Å². The van der Waals surface area contributed by atoms with Crippen molar-refractivity contribution in [1.29, 1.82) is 0 Å². The highest BCUT2D eigenvalue weighted by molar-refractivity contribution is 5.95. The van der Waals surface area contributed by atoms with Crippen molar-refractivity contribution in [2.45, 2.75) is 6.92 Å². The lowest BCUT2D eigenvalue weighted by Crippen LogP contribution is -2.47. The molecule has 7 heteroatoms. The van der Waals surface area contributed by atoms with E-state index in [4.69, 9.17) is 4.74 Å². The van der Waals surface area contributed by atoms with Crippen LogP contribution in [0.25, 0.3) is 11.0 Å². The zero-order valence-corrected chi connectivity index (χ0v) is 15.6. The summed E-state index contributed by atoms with van der Waals surface area (Å²) in [5, 5.41) is 0. The van der Waals surface area contributed by atoms with Gasteiger partial charge in [0.15, 0.2) is 11.5 Å². The second-order valence-electron chi connectivity index (χ2n) is 6.53. The monoisotopic (exact) mass is 380 g/mol. The van der Waals surface area contributed by atoms with Crippen LogP contribution in [0.2, 0.25) is 0 Å². The highest BCUT2D eigenvalue weighted by Crippen LogP contribution is 2.25. The number of halogens is 1. The molecule has 144 valence electrons. The molecule has 0 unspecified atom stereocenters. The number of hydrogen-bond acceptors (Lipinski definition) is 6. The van der Waals surface area contributed by atoms with E-state index in [9.17, 15) is 9.18 Å². The number of fused-ring (bicyclic) bond motifs is 1. The average molecular weight is 380 g/mol. The molecule has 2 heterocycles. The Labute approximate surface area is 162 Å². The number of nitrogens with zero attached hydrogens (tertiary/aromatic N) is 4. The molecule has 0 spiro atoms. The van der Waals surface area contributed by atoms with Crippen molar-refractivity contribution in [3.63, 3.8) is 0 Å². The highest BCUT2D eigenvalue weighted by Gasteiger charge is 2.26. The predicted molar refractivity (Wildman–Crippen MR) is 106 cm³/mol. The van der Waals surface area contributed by atoms with Crippen LogP contribution >= 0.6 is 0 Å². The first kappa shape index (κ1) is 18.2. The second-order valence-corrected chi connectivity index (χ2v) is 6.53. The maximum Gasteiger partial charge on any atom is 0.360 e. The molecular weight excluding hydrogens is 359 g/mol. The van der Waals surface area contributed by atoms with Crippen molar-refractivity contribution in [2.24, 2.45) is 0 Å². The Morgan fingerprint density at radius 3 is 2.25 bits per heavy atom. The molecule has 0 bridgehead atoms. The second kappa shape index (κ2) is 7.80. The number of esters is 1. The summed E-state index contributed by atoms with van der Waals surface area (Å²) in [6, 6.07) is 14.2. The minimum Gasteiger partial charge on any atom is -0.461 e. The molecule has 0 N–H and O–H groups in total. The molecule has 4 rings (SSSR count). The van der Waals surface area contributed by atoms with Crippen molar-refractivity contribution in [3.8, 4) is 0 Å². The summed E-state index contributed by atoms with van der Waals surface area (Å²) >= 11 is 0. The lowest BCUT2D eigenvalue weighted by molar-refractivity contribution is 0.0520. The number of ether oxygens (including phenoxy) is 1. The van der Waals surface area contributed by atoms with E-state index in [0.29, 0.717) is 43.2 Å². The fraction of sp³-hybridized carbons (Fsp3) is 0.286. The van der Waals surface area contributed by atoms with Gasteiger partial charge in [-0.25, -0.2) is 19.2 Å². The summed E-state index contributed by atoms with van der Waals surface area (Å²) in [4.78, 5) is 25.7. The Morgan fingerprint density at radius 2 is 1.57 bits per heavy atom. The van der Waals surface area contributed by atoms with Crippen molar-refractivity contribution in [2.75, 3.05) is 42.6 Å². The number of rotatable bonds is 4. The molecule has 6 nitrogen and oxygen atoms in total. The number of carbonyl (C=O) groups excluding carboxylic acids is 1. The number of anilines is 2. The molecule has 0 aliphatic carbocycles. The molecular formula is C21H21FN4O2. The summed E-state index contributed by atoms with van der Waals surface area (Å²) in [7, 11) is 0. The van der Waals surface area contributed by atoms with Crippen LogP contribution in [-0.2, 0) is 4.74 Å². The standard InChI is InChI=1S/C21H21FN4O2/c1-2-28-21(27)19-20(24-17-9-5-4-8-16(17)23-19)26-13-11-25(12-14-26)18-10-6-3-7-15(18)22/h3-10H,2,11-14H2,1H3. The Morgan fingerprint density at radius 1 is 0.964 bits per heavy atom. The third kappa shape index (κ3) is 3.47. The van der Waals surface area contributed by atoms with Crippen molar-refractivity contribution >= 4 is 28.5 Å². The molecule has 28 heavy (non-hydrogen) atoms. The number of carbonyl (C=O) groups is 1. The fourth-order valence-electron chi connectivity index (χ4n) is 3.41. The van der Waals surface area contributed by atoms with Crippen molar-refractivity contribution in [1.82, 2.24) is 9.97 Å². The van der Waals surface area contributed by atoms with Gasteiger partial charge >= 0.3 is 5.97 Å². The molecule has 0 atom stereocenters. The molecule has 0 saturated carbocycles. The first-order valence-electron chi connectivity index (χ1n) is 9.35. The Bertz CT molecular complexity index is 1000. The summed E-state index contributed by atoms with van der Waals surface area (Å²) in [6.07, 6.45) is 0. The number of piperazine rings is 1. The summed E-state index contributed by atoms with van der Waals surface area (Å²) in [5.74, 6) is -0.189. The zero-order chi connectivity index (χ0) is 19.5. The van der Waals surface area contributed by atoms with Gasteiger partial charge in [-0.1, -0.05) is 24.3 Å². The molecule has 3 aromatic rings. The molecule has 1 aromatic heterocycles. The van der Waals surface area contributed by atoms with Gasteiger partial charge in [-0.15, -0.1) is 0 Å². The quantitative estimate of drug-likeness (QED) is 0.648. The largest absolute Gasteiger partial charge is 0.461 e. The van der Waals surface area contributed by atoms with Gasteiger partial charge in [0, 0.05) is 26.2 Å². The van der Waals surface area contributed by atoms with Crippen LogP contribution in [0, 0.1) is 5.82 Å². The minimum absolute atomic E-state index is 0.222. The van der Waals surface area contributed by atoms with E-state index in [1.807, 2.05) is 40.1 Å². The van der Waals surface area contributed by atoms with Crippen LogP contribution in [-0.4, -0.2) is 48.7 Å². The first-order valence-corrected chi connectivity index (χ1v) is 9.35. The van der Waals surface area contributed by atoms with Gasteiger partial charge in [0.25, 0.3) is 0 Å². The molecule has 0 radical (unpaired) electrons. The third-order valence-corrected chi connectivity index (χ3v) is 4.79. The maximum atomic E-state index is 14.1. The van der Waals surface area contributed by atoms with Gasteiger partial charge in [0.1, 0.15) is 5.82 Å². The van der Waals surface area contributed by atoms with Crippen LogP contribution in [0.15, 0.2) is 48.5 Å². The smallest absolute Gasteiger partial charge is 0.360 e. The minimum atomic E-state index is -0.479. The Kier molecular flexibility index (Phi) is 5.06. The van der Waals surface area contributed by atoms with Gasteiger partial charge in [0.2, 0.25) is 0 Å². The molecule has 1 aliphatic rings. The Balaban J connectivity index is 1.63. The molecule has 2 aromatic carbocycles. The third-order valence-electron chi connectivity index (χ3n) is 4.79.